The fraction of sp³-hybridized carbons (Fsp3) is 0.269. The van der Waals surface area contributed by atoms with E-state index in [1.165, 1.54) is 10.9 Å². The quantitative estimate of drug-likeness (QED) is 0.368. The zero-order valence-corrected chi connectivity index (χ0v) is 19.4. The third-order valence-electron chi connectivity index (χ3n) is 5.12. The molecular formula is C26H29N5O4. The van der Waals surface area contributed by atoms with E-state index in [9.17, 15) is 19.2 Å². The van der Waals surface area contributed by atoms with Gasteiger partial charge in [0.2, 0.25) is 23.6 Å². The summed E-state index contributed by atoms with van der Waals surface area (Å²) < 4.78 is 1.20. The van der Waals surface area contributed by atoms with Crippen LogP contribution in [0, 0.1) is 0 Å². The molecule has 0 atom stereocenters. The van der Waals surface area contributed by atoms with Crippen LogP contribution in [0.5, 0.6) is 0 Å². The van der Waals surface area contributed by atoms with Crippen molar-refractivity contribution in [2.75, 3.05) is 13.1 Å². The van der Waals surface area contributed by atoms with E-state index in [0.29, 0.717) is 5.69 Å². The molecule has 1 heterocycles. The van der Waals surface area contributed by atoms with Gasteiger partial charge in [0.25, 0.3) is 0 Å². The molecule has 0 aliphatic heterocycles. The normalized spacial score (nSPS) is 10.4. The number of benzene rings is 2. The molecule has 2 aromatic carbocycles. The molecule has 0 aliphatic rings. The minimum atomic E-state index is -0.260. The zero-order chi connectivity index (χ0) is 24.9. The molecule has 182 valence electrons. The van der Waals surface area contributed by atoms with Crippen molar-refractivity contribution in [2.24, 2.45) is 0 Å². The molecule has 0 fully saturated rings. The maximum atomic E-state index is 12.3. The monoisotopic (exact) mass is 475 g/mol. The van der Waals surface area contributed by atoms with Crippen LogP contribution in [-0.2, 0) is 33.8 Å². The molecule has 3 aromatic rings. The highest BCUT2D eigenvalue weighted by Crippen LogP contribution is 2.01. The van der Waals surface area contributed by atoms with Gasteiger partial charge in [-0.15, -0.1) is 0 Å². The Balaban J connectivity index is 1.29. The van der Waals surface area contributed by atoms with Crippen molar-refractivity contribution in [1.82, 2.24) is 25.7 Å². The van der Waals surface area contributed by atoms with Crippen LogP contribution in [-0.4, -0.2) is 46.5 Å². The van der Waals surface area contributed by atoms with Gasteiger partial charge in [0.05, 0.1) is 25.1 Å². The first-order valence-electron chi connectivity index (χ1n) is 11.5. The lowest BCUT2D eigenvalue weighted by atomic mass is 10.1. The van der Waals surface area contributed by atoms with Crippen molar-refractivity contribution < 1.29 is 19.2 Å². The highest BCUT2D eigenvalue weighted by molar-refractivity contribution is 5.81. The Kier molecular flexibility index (Phi) is 9.74. The number of carbonyl (C=O) groups excluding carboxylic acids is 4. The molecule has 0 radical (unpaired) electrons. The number of carbonyl (C=O) groups is 4. The van der Waals surface area contributed by atoms with Crippen molar-refractivity contribution in [3.05, 3.63) is 89.7 Å². The molecule has 3 amide bonds. The average molecular weight is 476 g/mol. The van der Waals surface area contributed by atoms with Crippen LogP contribution in [0.2, 0.25) is 0 Å². The first kappa shape index (κ1) is 25.4. The van der Waals surface area contributed by atoms with Gasteiger partial charge in [0.15, 0.2) is 0 Å². The first-order valence-corrected chi connectivity index (χ1v) is 11.5. The number of aromatic nitrogens is 2. The SMILES string of the molecule is O=C(CCNC(=O)Cc1ccccc1)NCc1ccn(C(=O)CCNC(=O)Cc2ccccc2)n1. The van der Waals surface area contributed by atoms with E-state index in [0.717, 1.165) is 11.1 Å². The van der Waals surface area contributed by atoms with Gasteiger partial charge in [-0.1, -0.05) is 60.7 Å². The van der Waals surface area contributed by atoms with Crippen molar-refractivity contribution in [3.63, 3.8) is 0 Å². The first-order chi connectivity index (χ1) is 17.0. The van der Waals surface area contributed by atoms with Crippen LogP contribution < -0.4 is 16.0 Å². The van der Waals surface area contributed by atoms with Crippen molar-refractivity contribution in [2.45, 2.75) is 32.2 Å². The molecule has 0 unspecified atom stereocenters. The van der Waals surface area contributed by atoms with E-state index in [-0.39, 0.29) is 68.9 Å². The summed E-state index contributed by atoms with van der Waals surface area (Å²) in [5, 5.41) is 12.4. The minimum Gasteiger partial charge on any atom is -0.355 e. The average Bonchev–Trinajstić information content (AvgIpc) is 3.33. The molecule has 1 aromatic heterocycles. The summed E-state index contributed by atoms with van der Waals surface area (Å²) in [6.07, 6.45) is 2.31. The molecule has 35 heavy (non-hydrogen) atoms. The van der Waals surface area contributed by atoms with Gasteiger partial charge in [0, 0.05) is 32.1 Å². The number of hydrogen-bond acceptors (Lipinski definition) is 5. The number of nitrogens with one attached hydrogen (secondary N) is 3. The highest BCUT2D eigenvalue weighted by atomic mass is 16.2. The molecule has 0 bridgehead atoms. The van der Waals surface area contributed by atoms with E-state index >= 15 is 0 Å². The topological polar surface area (TPSA) is 122 Å². The molecular weight excluding hydrogens is 446 g/mol. The van der Waals surface area contributed by atoms with Crippen molar-refractivity contribution in [1.29, 1.82) is 0 Å². The van der Waals surface area contributed by atoms with Crippen LogP contribution in [0.1, 0.15) is 34.5 Å². The van der Waals surface area contributed by atoms with Crippen LogP contribution in [0.3, 0.4) is 0 Å². The van der Waals surface area contributed by atoms with Gasteiger partial charge in [-0.2, -0.15) is 5.10 Å². The molecule has 0 aliphatic carbocycles. The Morgan fingerprint density at radius 1 is 0.657 bits per heavy atom. The molecule has 3 N–H and O–H groups in total. The predicted molar refractivity (Wildman–Crippen MR) is 130 cm³/mol. The molecule has 9 nitrogen and oxygen atoms in total. The Morgan fingerprint density at radius 2 is 1.20 bits per heavy atom. The Bertz CT molecular complexity index is 1130. The summed E-state index contributed by atoms with van der Waals surface area (Å²) in [5.41, 5.74) is 2.35. The summed E-state index contributed by atoms with van der Waals surface area (Å²) >= 11 is 0. The van der Waals surface area contributed by atoms with Gasteiger partial charge >= 0.3 is 0 Å². The third kappa shape index (κ3) is 9.24. The van der Waals surface area contributed by atoms with Gasteiger partial charge < -0.3 is 16.0 Å². The fourth-order valence-corrected chi connectivity index (χ4v) is 3.30. The van der Waals surface area contributed by atoms with Crippen molar-refractivity contribution in [3.8, 4) is 0 Å². The lowest BCUT2D eigenvalue weighted by Crippen LogP contribution is -2.31. The second kappa shape index (κ2) is 13.4. The predicted octanol–water partition coefficient (Wildman–Crippen LogP) is 1.64. The lowest BCUT2D eigenvalue weighted by Gasteiger charge is -2.06. The van der Waals surface area contributed by atoms with Gasteiger partial charge in [0.1, 0.15) is 0 Å². The molecule has 0 saturated heterocycles. The molecule has 9 heteroatoms. The van der Waals surface area contributed by atoms with Gasteiger partial charge in [-0.3, -0.25) is 19.2 Å². The maximum absolute atomic E-state index is 12.3. The molecule has 0 saturated carbocycles. The standard InChI is InChI=1S/C26H29N5O4/c32-23(11-14-27-24(33)17-20-7-3-1-4-8-20)29-19-22-13-16-31(30-22)26(35)12-15-28-25(34)18-21-9-5-2-6-10-21/h1-10,13,16H,11-12,14-15,17-19H2,(H,27,33)(H,28,34)(H,29,32). The summed E-state index contributed by atoms with van der Waals surface area (Å²) in [4.78, 5) is 48.2. The molecule has 0 spiro atoms. The second-order valence-electron chi connectivity index (χ2n) is 7.95. The van der Waals surface area contributed by atoms with Crippen LogP contribution in [0.4, 0.5) is 0 Å². The third-order valence-corrected chi connectivity index (χ3v) is 5.12. The van der Waals surface area contributed by atoms with E-state index in [2.05, 4.69) is 21.0 Å². The Morgan fingerprint density at radius 3 is 1.77 bits per heavy atom. The smallest absolute Gasteiger partial charge is 0.248 e. The van der Waals surface area contributed by atoms with E-state index in [1.54, 1.807) is 6.07 Å². The number of nitrogens with zero attached hydrogens (tertiary/aromatic N) is 2. The summed E-state index contributed by atoms with van der Waals surface area (Å²) in [7, 11) is 0. The number of rotatable bonds is 12. The highest BCUT2D eigenvalue weighted by Gasteiger charge is 2.10. The van der Waals surface area contributed by atoms with E-state index in [1.807, 2.05) is 60.7 Å². The van der Waals surface area contributed by atoms with Crippen LogP contribution >= 0.6 is 0 Å². The van der Waals surface area contributed by atoms with Gasteiger partial charge in [-0.05, 0) is 17.2 Å². The maximum Gasteiger partial charge on any atom is 0.248 e. The summed E-state index contributed by atoms with van der Waals surface area (Å²) in [6.45, 7) is 0.623. The van der Waals surface area contributed by atoms with Crippen LogP contribution in [0.15, 0.2) is 72.9 Å². The number of hydrogen-bond donors (Lipinski definition) is 3. The Hall–Kier alpha value is -4.27. The molecule has 3 rings (SSSR count). The zero-order valence-electron chi connectivity index (χ0n) is 19.4. The van der Waals surface area contributed by atoms with Crippen LogP contribution in [0.25, 0.3) is 0 Å². The minimum absolute atomic E-state index is 0.108. The Labute approximate surface area is 203 Å². The summed E-state index contributed by atoms with van der Waals surface area (Å²) in [5.74, 6) is -0.780. The fourth-order valence-electron chi connectivity index (χ4n) is 3.30. The van der Waals surface area contributed by atoms with Crippen molar-refractivity contribution >= 4 is 23.6 Å². The number of amides is 3. The lowest BCUT2D eigenvalue weighted by molar-refractivity contribution is -0.122. The van der Waals surface area contributed by atoms with Gasteiger partial charge in [-0.25, -0.2) is 4.68 Å². The largest absolute Gasteiger partial charge is 0.355 e. The second-order valence-corrected chi connectivity index (χ2v) is 7.95. The van der Waals surface area contributed by atoms with E-state index in [4.69, 9.17) is 0 Å². The van der Waals surface area contributed by atoms with E-state index < -0.39 is 0 Å². The summed E-state index contributed by atoms with van der Waals surface area (Å²) in [6, 6.07) is 20.4.